The van der Waals surface area contributed by atoms with Gasteiger partial charge in [0.25, 0.3) is 11.5 Å². The van der Waals surface area contributed by atoms with Crippen LogP contribution in [0.15, 0.2) is 59.4 Å². The quantitative estimate of drug-likeness (QED) is 0.419. The number of hydrogen-bond acceptors (Lipinski definition) is 4. The Kier molecular flexibility index (Phi) is 6.83. The van der Waals surface area contributed by atoms with Crippen molar-refractivity contribution < 1.29 is 22.8 Å². The first-order valence-electron chi connectivity index (χ1n) is 12.6. The van der Waals surface area contributed by atoms with Gasteiger partial charge in [0, 0.05) is 60.3 Å². The minimum absolute atomic E-state index is 0.107. The third kappa shape index (κ3) is 5.32. The van der Waals surface area contributed by atoms with Gasteiger partial charge in [-0.2, -0.15) is 13.2 Å². The molecule has 1 amide bonds. The minimum atomic E-state index is -4.45. The molecule has 39 heavy (non-hydrogen) atoms. The Balaban J connectivity index is 1.46. The molecule has 3 aromatic rings. The van der Waals surface area contributed by atoms with Gasteiger partial charge in [-0.25, -0.2) is 0 Å². The molecule has 10 heteroatoms. The van der Waals surface area contributed by atoms with Crippen LogP contribution in [0.4, 0.5) is 18.9 Å². The molecule has 0 N–H and O–H groups in total. The van der Waals surface area contributed by atoms with Crippen molar-refractivity contribution in [2.24, 2.45) is 5.41 Å². The largest absolute Gasteiger partial charge is 0.416 e. The summed E-state index contributed by atoms with van der Waals surface area (Å²) < 4.78 is 40.9. The number of nitrogens with zero attached hydrogens (tertiary/aromatic N) is 3. The van der Waals surface area contributed by atoms with Crippen LogP contribution in [0.2, 0.25) is 5.02 Å². The molecule has 2 aromatic carbocycles. The standard InChI is InChI=1S/C29H27ClF3N3O3/c1-28(2)16-24-22(25(37)17-28)15-23(27(39)36(24)20-8-6-19(30)7-9-20)26(38)35-12-10-34(11-13-35)21-5-3-4-18(14-21)29(31,32)33/h3-9,14-15H,10-13,16-17H2,1-2H3. The third-order valence-electron chi connectivity index (χ3n) is 7.31. The second-order valence-corrected chi connectivity index (χ2v) is 11.2. The van der Waals surface area contributed by atoms with Crippen LogP contribution in [0.5, 0.6) is 0 Å². The third-order valence-corrected chi connectivity index (χ3v) is 7.56. The predicted octanol–water partition coefficient (Wildman–Crippen LogP) is 5.63. The van der Waals surface area contributed by atoms with Gasteiger partial charge in [-0.1, -0.05) is 31.5 Å². The van der Waals surface area contributed by atoms with E-state index in [2.05, 4.69) is 0 Å². The number of anilines is 1. The van der Waals surface area contributed by atoms with E-state index in [9.17, 15) is 27.6 Å². The first kappa shape index (κ1) is 27.0. The molecule has 204 valence electrons. The lowest BCUT2D eigenvalue weighted by Crippen LogP contribution is -2.50. The Bertz CT molecular complexity index is 1500. The van der Waals surface area contributed by atoms with E-state index in [1.165, 1.54) is 21.6 Å². The number of fused-ring (bicyclic) bond motifs is 1. The summed E-state index contributed by atoms with van der Waals surface area (Å²) in [4.78, 5) is 43.9. The van der Waals surface area contributed by atoms with Crippen molar-refractivity contribution in [3.05, 3.63) is 92.4 Å². The van der Waals surface area contributed by atoms with Gasteiger partial charge in [-0.05, 0) is 60.4 Å². The van der Waals surface area contributed by atoms with Crippen molar-refractivity contribution in [2.45, 2.75) is 32.9 Å². The van der Waals surface area contributed by atoms with Gasteiger partial charge >= 0.3 is 6.18 Å². The van der Waals surface area contributed by atoms with Crippen LogP contribution in [0.1, 0.15) is 52.2 Å². The topological polar surface area (TPSA) is 62.6 Å². The maximum absolute atomic E-state index is 13.8. The molecule has 0 spiro atoms. The van der Waals surface area contributed by atoms with Crippen molar-refractivity contribution in [2.75, 3.05) is 31.1 Å². The lowest BCUT2D eigenvalue weighted by molar-refractivity contribution is -0.137. The van der Waals surface area contributed by atoms with Gasteiger partial charge in [0.2, 0.25) is 0 Å². The van der Waals surface area contributed by atoms with Crippen molar-refractivity contribution >= 4 is 29.0 Å². The number of carbonyl (C=O) groups is 2. The molecule has 0 radical (unpaired) electrons. The van der Waals surface area contributed by atoms with Crippen molar-refractivity contribution in [1.29, 1.82) is 0 Å². The lowest BCUT2D eigenvalue weighted by Gasteiger charge is -2.37. The number of Topliss-reactive ketones (excluding diaryl/α,β-unsaturated/α-hetero) is 1. The number of hydrogen-bond donors (Lipinski definition) is 0. The summed E-state index contributed by atoms with van der Waals surface area (Å²) in [6.07, 6.45) is -3.67. The number of piperazine rings is 1. The van der Waals surface area contributed by atoms with Crippen LogP contribution < -0.4 is 10.5 Å². The van der Waals surface area contributed by atoms with Gasteiger partial charge in [-0.15, -0.1) is 0 Å². The number of amides is 1. The molecule has 1 saturated heterocycles. The highest BCUT2D eigenvalue weighted by Gasteiger charge is 2.36. The number of benzene rings is 2. The molecule has 0 atom stereocenters. The van der Waals surface area contributed by atoms with Crippen molar-refractivity contribution in [3.8, 4) is 5.69 Å². The highest BCUT2D eigenvalue weighted by atomic mass is 35.5. The second kappa shape index (κ2) is 9.86. The SMILES string of the molecule is CC1(C)CC(=O)c2cc(C(=O)N3CCN(c4cccc(C(F)(F)F)c4)CC3)c(=O)n(-c3ccc(Cl)cc3)c2C1. The van der Waals surface area contributed by atoms with E-state index < -0.39 is 23.2 Å². The Morgan fingerprint density at radius 2 is 1.56 bits per heavy atom. The summed E-state index contributed by atoms with van der Waals surface area (Å²) in [5.74, 6) is -0.640. The first-order valence-corrected chi connectivity index (χ1v) is 13.0. The fourth-order valence-corrected chi connectivity index (χ4v) is 5.47. The number of halogens is 4. The maximum atomic E-state index is 13.8. The summed E-state index contributed by atoms with van der Waals surface area (Å²) in [6, 6.07) is 13.2. The van der Waals surface area contributed by atoms with Crippen LogP contribution in [-0.4, -0.2) is 47.3 Å². The molecule has 0 unspecified atom stereocenters. The molecule has 5 rings (SSSR count). The molecular weight excluding hydrogens is 531 g/mol. The summed E-state index contributed by atoms with van der Waals surface area (Å²) >= 11 is 6.06. The predicted molar refractivity (Wildman–Crippen MR) is 143 cm³/mol. The summed E-state index contributed by atoms with van der Waals surface area (Å²) in [7, 11) is 0. The molecule has 1 aromatic heterocycles. The van der Waals surface area contributed by atoms with Crippen LogP contribution in [0, 0.1) is 5.41 Å². The average Bonchev–Trinajstić information content (AvgIpc) is 2.88. The van der Waals surface area contributed by atoms with E-state index in [1.807, 2.05) is 13.8 Å². The van der Waals surface area contributed by atoms with Crippen molar-refractivity contribution in [3.63, 3.8) is 0 Å². The van der Waals surface area contributed by atoms with Crippen LogP contribution >= 0.6 is 11.6 Å². The highest BCUT2D eigenvalue weighted by molar-refractivity contribution is 6.30. The highest BCUT2D eigenvalue weighted by Crippen LogP contribution is 2.36. The molecular formula is C29H27ClF3N3O3. The second-order valence-electron chi connectivity index (χ2n) is 10.8. The Morgan fingerprint density at radius 1 is 0.897 bits per heavy atom. The molecule has 2 aliphatic rings. The summed E-state index contributed by atoms with van der Waals surface area (Å²) in [6.45, 7) is 4.97. The van der Waals surface area contributed by atoms with E-state index >= 15 is 0 Å². The number of rotatable bonds is 3. The monoisotopic (exact) mass is 557 g/mol. The number of pyridine rings is 1. The summed E-state index contributed by atoms with van der Waals surface area (Å²) in [5.41, 5.74) is 0.137. The van der Waals surface area contributed by atoms with Gasteiger partial charge in [-0.3, -0.25) is 19.0 Å². The zero-order valence-corrected chi connectivity index (χ0v) is 22.3. The maximum Gasteiger partial charge on any atom is 0.416 e. The molecule has 0 saturated carbocycles. The Labute approximate surface area is 228 Å². The van der Waals surface area contributed by atoms with Gasteiger partial charge in [0.05, 0.1) is 5.56 Å². The van der Waals surface area contributed by atoms with E-state index in [0.717, 1.165) is 12.1 Å². The van der Waals surface area contributed by atoms with Crippen LogP contribution in [0.25, 0.3) is 5.69 Å². The molecule has 6 nitrogen and oxygen atoms in total. The lowest BCUT2D eigenvalue weighted by atomic mass is 9.75. The number of carbonyl (C=O) groups excluding carboxylic acids is 2. The average molecular weight is 558 g/mol. The molecule has 1 aliphatic carbocycles. The molecule has 1 aliphatic heterocycles. The fraction of sp³-hybridized carbons (Fsp3) is 0.345. The van der Waals surface area contributed by atoms with Gasteiger partial charge in [0.1, 0.15) is 5.56 Å². The fourth-order valence-electron chi connectivity index (χ4n) is 5.35. The minimum Gasteiger partial charge on any atom is -0.368 e. The van der Waals surface area contributed by atoms with Gasteiger partial charge in [0.15, 0.2) is 5.78 Å². The normalized spacial score (nSPS) is 17.2. The first-order chi connectivity index (χ1) is 18.3. The zero-order valence-electron chi connectivity index (χ0n) is 21.5. The Hall–Kier alpha value is -3.59. The number of alkyl halides is 3. The van der Waals surface area contributed by atoms with E-state index in [-0.39, 0.29) is 29.9 Å². The Morgan fingerprint density at radius 3 is 2.21 bits per heavy atom. The zero-order chi connectivity index (χ0) is 28.1. The van der Waals surface area contributed by atoms with Crippen molar-refractivity contribution in [1.82, 2.24) is 9.47 Å². The molecule has 0 bridgehead atoms. The summed E-state index contributed by atoms with van der Waals surface area (Å²) in [5, 5.41) is 0.489. The van der Waals surface area contributed by atoms with Gasteiger partial charge < -0.3 is 9.80 Å². The van der Waals surface area contributed by atoms with E-state index in [1.54, 1.807) is 35.2 Å². The van der Waals surface area contributed by atoms with E-state index in [0.29, 0.717) is 53.6 Å². The van der Waals surface area contributed by atoms with Crippen LogP contribution in [-0.2, 0) is 12.6 Å². The molecule has 1 fully saturated rings. The number of aromatic nitrogens is 1. The van der Waals surface area contributed by atoms with E-state index in [4.69, 9.17) is 11.6 Å². The smallest absolute Gasteiger partial charge is 0.368 e. The van der Waals surface area contributed by atoms with Crippen LogP contribution in [0.3, 0.4) is 0 Å². The number of ketones is 1. The molecule has 2 heterocycles.